The molecule has 4 nitrogen and oxygen atoms in total. The molecule has 1 aromatic heterocycles. The Bertz CT molecular complexity index is 664. The summed E-state index contributed by atoms with van der Waals surface area (Å²) in [4.78, 5) is 26.4. The Morgan fingerprint density at radius 3 is 2.84 bits per heavy atom. The highest BCUT2D eigenvalue weighted by Crippen LogP contribution is 2.21. The van der Waals surface area contributed by atoms with E-state index >= 15 is 0 Å². The van der Waals surface area contributed by atoms with Crippen molar-refractivity contribution in [2.45, 2.75) is 13.3 Å². The predicted molar refractivity (Wildman–Crippen MR) is 78.5 cm³/mol. The Morgan fingerprint density at radius 2 is 2.16 bits per heavy atom. The van der Waals surface area contributed by atoms with Crippen LogP contribution in [0.1, 0.15) is 22.8 Å². The first-order chi connectivity index (χ1) is 9.11. The number of amides is 1. The van der Waals surface area contributed by atoms with Crippen LogP contribution in [0, 0.1) is 0 Å². The molecule has 0 unspecified atom stereocenters. The molecule has 5 heteroatoms. The number of anilines is 1. The molecule has 1 heterocycles. The van der Waals surface area contributed by atoms with Gasteiger partial charge >= 0.3 is 0 Å². The number of hydrogen-bond acceptors (Lipinski definition) is 2. The van der Waals surface area contributed by atoms with Crippen LogP contribution in [0.25, 0.3) is 0 Å². The van der Waals surface area contributed by atoms with Crippen LogP contribution in [0.5, 0.6) is 0 Å². The third kappa shape index (κ3) is 3.12. The minimum absolute atomic E-state index is 0.104. The van der Waals surface area contributed by atoms with E-state index in [2.05, 4.69) is 26.2 Å². The first kappa shape index (κ1) is 13.5. The van der Waals surface area contributed by atoms with Gasteiger partial charge in [-0.2, -0.15) is 0 Å². The number of carbonyl (C=O) groups excluding carboxylic acids is 1. The Labute approximate surface area is 119 Å². The fraction of sp³-hybridized carbons (Fsp3) is 0.143. The van der Waals surface area contributed by atoms with E-state index in [9.17, 15) is 9.59 Å². The number of nitrogens with one attached hydrogen (secondary N) is 2. The normalized spacial score (nSPS) is 10.2. The van der Waals surface area contributed by atoms with Gasteiger partial charge in [0.2, 0.25) is 0 Å². The van der Waals surface area contributed by atoms with Gasteiger partial charge in [-0.15, -0.1) is 0 Å². The van der Waals surface area contributed by atoms with Crippen molar-refractivity contribution in [3.05, 3.63) is 62.5 Å². The Hall–Kier alpha value is -1.88. The van der Waals surface area contributed by atoms with Crippen molar-refractivity contribution in [2.24, 2.45) is 0 Å². The van der Waals surface area contributed by atoms with Gasteiger partial charge in [-0.25, -0.2) is 0 Å². The number of halogens is 1. The summed E-state index contributed by atoms with van der Waals surface area (Å²) in [5, 5.41) is 2.77. The van der Waals surface area contributed by atoms with E-state index in [1.165, 1.54) is 18.5 Å². The van der Waals surface area contributed by atoms with E-state index in [0.717, 1.165) is 22.1 Å². The summed E-state index contributed by atoms with van der Waals surface area (Å²) < 4.78 is 0.958. The molecule has 0 atom stereocenters. The summed E-state index contributed by atoms with van der Waals surface area (Å²) in [6, 6.07) is 6.95. The lowest BCUT2D eigenvalue weighted by atomic mass is 10.1. The lowest BCUT2D eigenvalue weighted by molar-refractivity contribution is 0.102. The molecule has 0 aliphatic rings. The van der Waals surface area contributed by atoms with Crippen LogP contribution in [-0.4, -0.2) is 10.9 Å². The van der Waals surface area contributed by atoms with Crippen molar-refractivity contribution >= 4 is 27.5 Å². The molecule has 2 aromatic rings. The second kappa shape index (κ2) is 5.84. The molecular weight excluding hydrogens is 308 g/mol. The summed E-state index contributed by atoms with van der Waals surface area (Å²) >= 11 is 3.39. The molecule has 0 aliphatic carbocycles. The lowest BCUT2D eigenvalue weighted by Crippen LogP contribution is -2.21. The summed E-state index contributed by atoms with van der Waals surface area (Å²) in [6.45, 7) is 2.01. The SMILES string of the molecule is CCc1cc(Br)ccc1NC(=O)c1c[nH]ccc1=O. The monoisotopic (exact) mass is 320 g/mol. The van der Waals surface area contributed by atoms with Gasteiger partial charge in [0, 0.05) is 28.6 Å². The maximum atomic E-state index is 12.0. The standard InChI is InChI=1S/C14H13BrN2O2/c1-2-9-7-10(15)3-4-12(9)17-14(19)11-8-16-6-5-13(11)18/h3-8H,2H2,1H3,(H,16,18)(H,17,19). The number of pyridine rings is 1. The van der Waals surface area contributed by atoms with Crippen molar-refractivity contribution in [3.8, 4) is 0 Å². The largest absolute Gasteiger partial charge is 0.367 e. The fourth-order valence-electron chi connectivity index (χ4n) is 1.76. The van der Waals surface area contributed by atoms with Crippen LogP contribution in [0.2, 0.25) is 0 Å². The van der Waals surface area contributed by atoms with Crippen molar-refractivity contribution in [3.63, 3.8) is 0 Å². The molecule has 0 saturated carbocycles. The van der Waals surface area contributed by atoms with E-state index < -0.39 is 5.91 Å². The molecule has 0 aliphatic heterocycles. The number of hydrogen-bond donors (Lipinski definition) is 2. The van der Waals surface area contributed by atoms with Crippen LogP contribution in [0.4, 0.5) is 5.69 Å². The highest BCUT2D eigenvalue weighted by atomic mass is 79.9. The first-order valence-corrected chi connectivity index (χ1v) is 6.68. The van der Waals surface area contributed by atoms with Crippen molar-refractivity contribution in [1.29, 1.82) is 0 Å². The zero-order valence-electron chi connectivity index (χ0n) is 10.4. The van der Waals surface area contributed by atoms with E-state index in [4.69, 9.17) is 0 Å². The van der Waals surface area contributed by atoms with Crippen LogP contribution in [0.15, 0.2) is 45.9 Å². The van der Waals surface area contributed by atoms with Gasteiger partial charge in [0.25, 0.3) is 5.91 Å². The van der Waals surface area contributed by atoms with Gasteiger partial charge in [-0.1, -0.05) is 22.9 Å². The molecule has 19 heavy (non-hydrogen) atoms. The molecule has 1 amide bonds. The number of benzene rings is 1. The number of H-pyrrole nitrogens is 1. The van der Waals surface area contributed by atoms with E-state index in [-0.39, 0.29) is 11.0 Å². The van der Waals surface area contributed by atoms with E-state index in [0.29, 0.717) is 0 Å². The maximum Gasteiger partial charge on any atom is 0.261 e. The number of carbonyl (C=O) groups is 1. The summed E-state index contributed by atoms with van der Waals surface area (Å²) in [7, 11) is 0. The number of aromatic amines is 1. The zero-order valence-corrected chi connectivity index (χ0v) is 12.0. The number of rotatable bonds is 3. The van der Waals surface area contributed by atoms with Gasteiger partial charge in [0.1, 0.15) is 5.56 Å². The van der Waals surface area contributed by atoms with Crippen LogP contribution >= 0.6 is 15.9 Å². The van der Waals surface area contributed by atoms with Crippen molar-refractivity contribution in [1.82, 2.24) is 4.98 Å². The predicted octanol–water partition coefficient (Wildman–Crippen LogP) is 2.95. The molecule has 0 spiro atoms. The van der Waals surface area contributed by atoms with E-state index in [1.807, 2.05) is 25.1 Å². The maximum absolute atomic E-state index is 12.0. The molecule has 98 valence electrons. The second-order valence-electron chi connectivity index (χ2n) is 4.03. The van der Waals surface area contributed by atoms with Crippen LogP contribution < -0.4 is 10.7 Å². The third-order valence-corrected chi connectivity index (χ3v) is 3.26. The van der Waals surface area contributed by atoms with Gasteiger partial charge < -0.3 is 10.3 Å². The average molecular weight is 321 g/mol. The minimum atomic E-state index is -0.404. The molecule has 1 aromatic carbocycles. The molecule has 0 radical (unpaired) electrons. The number of aromatic nitrogens is 1. The third-order valence-electron chi connectivity index (χ3n) is 2.77. The minimum Gasteiger partial charge on any atom is -0.367 e. The van der Waals surface area contributed by atoms with E-state index in [1.54, 1.807) is 0 Å². The quantitative estimate of drug-likeness (QED) is 0.913. The van der Waals surface area contributed by atoms with Crippen LogP contribution in [0.3, 0.4) is 0 Å². The summed E-state index contributed by atoms with van der Waals surface area (Å²) in [6.07, 6.45) is 3.69. The smallest absolute Gasteiger partial charge is 0.261 e. The Kier molecular flexibility index (Phi) is 4.16. The van der Waals surface area contributed by atoms with Gasteiger partial charge in [-0.05, 0) is 30.2 Å². The molecule has 0 bridgehead atoms. The number of aryl methyl sites for hydroxylation is 1. The van der Waals surface area contributed by atoms with Gasteiger partial charge in [0.05, 0.1) is 0 Å². The lowest BCUT2D eigenvalue weighted by Gasteiger charge is -2.10. The van der Waals surface area contributed by atoms with Crippen molar-refractivity contribution in [2.75, 3.05) is 5.32 Å². The van der Waals surface area contributed by atoms with Gasteiger partial charge in [-0.3, -0.25) is 9.59 Å². The second-order valence-corrected chi connectivity index (χ2v) is 4.95. The Morgan fingerprint density at radius 1 is 1.37 bits per heavy atom. The summed E-state index contributed by atoms with van der Waals surface area (Å²) in [5.41, 5.74) is 1.54. The van der Waals surface area contributed by atoms with Crippen molar-refractivity contribution < 1.29 is 4.79 Å². The fourth-order valence-corrected chi connectivity index (χ4v) is 2.17. The van der Waals surface area contributed by atoms with Gasteiger partial charge in [0.15, 0.2) is 5.43 Å². The molecule has 0 fully saturated rings. The highest BCUT2D eigenvalue weighted by molar-refractivity contribution is 9.10. The molecule has 0 saturated heterocycles. The topological polar surface area (TPSA) is 62.0 Å². The average Bonchev–Trinajstić information content (AvgIpc) is 2.41. The molecular formula is C14H13BrN2O2. The Balaban J connectivity index is 2.29. The highest BCUT2D eigenvalue weighted by Gasteiger charge is 2.11. The molecule has 2 N–H and O–H groups in total. The first-order valence-electron chi connectivity index (χ1n) is 5.88. The summed E-state index contributed by atoms with van der Waals surface area (Å²) in [5.74, 6) is -0.404. The van der Waals surface area contributed by atoms with Crippen LogP contribution in [-0.2, 0) is 6.42 Å². The molecule has 2 rings (SSSR count). The zero-order chi connectivity index (χ0) is 13.8.